The second kappa shape index (κ2) is 5.86. The van der Waals surface area contributed by atoms with Gasteiger partial charge in [0, 0.05) is 11.0 Å². The van der Waals surface area contributed by atoms with Crippen LogP contribution in [0.1, 0.15) is 11.1 Å². The van der Waals surface area contributed by atoms with Crippen molar-refractivity contribution in [2.75, 3.05) is 0 Å². The van der Waals surface area contributed by atoms with Crippen molar-refractivity contribution in [3.8, 4) is 0 Å². The van der Waals surface area contributed by atoms with E-state index in [-0.39, 0.29) is 4.90 Å². The molecule has 0 amide bonds. The van der Waals surface area contributed by atoms with Gasteiger partial charge in [-0.1, -0.05) is 45.8 Å². The average molecular weight is 340 g/mol. The minimum atomic E-state index is -3.46. The molecule has 2 rings (SSSR count). The van der Waals surface area contributed by atoms with E-state index in [0.29, 0.717) is 6.54 Å². The molecule has 0 aliphatic heterocycles. The van der Waals surface area contributed by atoms with E-state index in [1.165, 1.54) is 0 Å². The van der Waals surface area contributed by atoms with Crippen molar-refractivity contribution in [3.63, 3.8) is 0 Å². The van der Waals surface area contributed by atoms with E-state index in [4.69, 9.17) is 0 Å². The summed E-state index contributed by atoms with van der Waals surface area (Å²) in [5, 5.41) is 0. The summed E-state index contributed by atoms with van der Waals surface area (Å²) in [5.74, 6) is 0. The molecule has 0 unspecified atom stereocenters. The molecule has 3 nitrogen and oxygen atoms in total. The van der Waals surface area contributed by atoms with Crippen molar-refractivity contribution in [2.24, 2.45) is 0 Å². The molecule has 5 heteroatoms. The molecule has 0 radical (unpaired) electrons. The quantitative estimate of drug-likeness (QED) is 0.929. The predicted octanol–water partition coefficient (Wildman–Crippen LogP) is 3.24. The van der Waals surface area contributed by atoms with Crippen molar-refractivity contribution in [1.82, 2.24) is 4.72 Å². The molecule has 0 saturated carbocycles. The van der Waals surface area contributed by atoms with Gasteiger partial charge in [0.05, 0.1) is 4.90 Å². The second-order valence-corrected chi connectivity index (χ2v) is 6.95. The summed E-state index contributed by atoms with van der Waals surface area (Å²) in [4.78, 5) is 0.267. The number of rotatable bonds is 4. The maximum Gasteiger partial charge on any atom is 0.240 e. The maximum atomic E-state index is 12.1. The molecule has 0 atom stereocenters. The highest BCUT2D eigenvalue weighted by Crippen LogP contribution is 2.15. The highest BCUT2D eigenvalue weighted by Gasteiger charge is 2.13. The fourth-order valence-electron chi connectivity index (χ4n) is 1.70. The van der Waals surface area contributed by atoms with Crippen molar-refractivity contribution >= 4 is 26.0 Å². The molecule has 2 aromatic rings. The Kier molecular flexibility index (Phi) is 4.39. The number of nitrogens with one attached hydrogen (secondary N) is 1. The third-order valence-corrected chi connectivity index (χ3v) is 4.62. The summed E-state index contributed by atoms with van der Waals surface area (Å²) in [5.41, 5.74) is 2.06. The van der Waals surface area contributed by atoms with E-state index in [1.807, 2.05) is 31.2 Å². The van der Waals surface area contributed by atoms with Crippen molar-refractivity contribution in [3.05, 3.63) is 64.1 Å². The number of aryl methyl sites for hydroxylation is 1. The van der Waals surface area contributed by atoms with Gasteiger partial charge in [0.1, 0.15) is 0 Å². The Bertz CT molecular complexity index is 666. The molecule has 100 valence electrons. The summed E-state index contributed by atoms with van der Waals surface area (Å²) in [6.45, 7) is 2.27. The number of hydrogen-bond acceptors (Lipinski definition) is 2. The first-order chi connectivity index (χ1) is 8.97. The van der Waals surface area contributed by atoms with Gasteiger partial charge < -0.3 is 0 Å². The Morgan fingerprint density at radius 3 is 2.42 bits per heavy atom. The van der Waals surface area contributed by atoms with Crippen LogP contribution in [-0.2, 0) is 16.6 Å². The van der Waals surface area contributed by atoms with Gasteiger partial charge in [-0.05, 0) is 36.8 Å². The molecule has 0 fully saturated rings. The lowest BCUT2D eigenvalue weighted by Crippen LogP contribution is -2.23. The Labute approximate surface area is 121 Å². The third kappa shape index (κ3) is 3.89. The Morgan fingerprint density at radius 1 is 1.11 bits per heavy atom. The van der Waals surface area contributed by atoms with Crippen LogP contribution in [0.25, 0.3) is 0 Å². The van der Waals surface area contributed by atoms with Crippen LogP contribution < -0.4 is 4.72 Å². The van der Waals surface area contributed by atoms with Crippen molar-refractivity contribution in [2.45, 2.75) is 18.4 Å². The van der Waals surface area contributed by atoms with Crippen LogP contribution >= 0.6 is 15.9 Å². The Hall–Kier alpha value is -1.17. The van der Waals surface area contributed by atoms with Crippen LogP contribution in [-0.4, -0.2) is 8.42 Å². The van der Waals surface area contributed by atoms with E-state index in [2.05, 4.69) is 20.7 Å². The smallest absolute Gasteiger partial charge is 0.207 e. The summed E-state index contributed by atoms with van der Waals surface area (Å²) in [6, 6.07) is 14.3. The summed E-state index contributed by atoms with van der Waals surface area (Å²) in [6.07, 6.45) is 0. The predicted molar refractivity (Wildman–Crippen MR) is 79.3 cm³/mol. The standard InChI is InChI=1S/C14H14BrNO2S/c1-11-3-2-4-12(9-11)10-16-19(17,18)14-7-5-13(15)6-8-14/h2-9,16H,10H2,1H3. The largest absolute Gasteiger partial charge is 0.240 e. The summed E-state index contributed by atoms with van der Waals surface area (Å²) >= 11 is 3.28. The highest BCUT2D eigenvalue weighted by molar-refractivity contribution is 9.10. The molecule has 0 aliphatic rings. The maximum absolute atomic E-state index is 12.1. The van der Waals surface area contributed by atoms with E-state index in [0.717, 1.165) is 15.6 Å². The molecule has 0 aliphatic carbocycles. The monoisotopic (exact) mass is 339 g/mol. The minimum absolute atomic E-state index is 0.267. The van der Waals surface area contributed by atoms with Gasteiger partial charge in [0.25, 0.3) is 0 Å². The van der Waals surface area contributed by atoms with Crippen LogP contribution in [0.5, 0.6) is 0 Å². The first-order valence-electron chi connectivity index (χ1n) is 5.78. The molecule has 2 aromatic carbocycles. The molecular weight excluding hydrogens is 326 g/mol. The van der Waals surface area contributed by atoms with Crippen LogP contribution in [0.3, 0.4) is 0 Å². The second-order valence-electron chi connectivity index (χ2n) is 4.27. The molecule has 0 saturated heterocycles. The SMILES string of the molecule is Cc1cccc(CNS(=O)(=O)c2ccc(Br)cc2)c1. The van der Waals surface area contributed by atoms with Crippen LogP contribution in [0, 0.1) is 6.92 Å². The van der Waals surface area contributed by atoms with Gasteiger partial charge in [-0.2, -0.15) is 0 Å². The molecule has 0 aromatic heterocycles. The van der Waals surface area contributed by atoms with Crippen molar-refractivity contribution in [1.29, 1.82) is 0 Å². The molecule has 0 heterocycles. The number of sulfonamides is 1. The summed E-state index contributed by atoms with van der Waals surface area (Å²) in [7, 11) is -3.46. The lowest BCUT2D eigenvalue weighted by molar-refractivity contribution is 0.581. The zero-order valence-corrected chi connectivity index (χ0v) is 12.8. The highest BCUT2D eigenvalue weighted by atomic mass is 79.9. The minimum Gasteiger partial charge on any atom is -0.207 e. The van der Waals surface area contributed by atoms with Crippen LogP contribution in [0.2, 0.25) is 0 Å². The topological polar surface area (TPSA) is 46.2 Å². The lowest BCUT2D eigenvalue weighted by atomic mass is 10.1. The van der Waals surface area contributed by atoms with E-state index < -0.39 is 10.0 Å². The van der Waals surface area contributed by atoms with Gasteiger partial charge in [0.2, 0.25) is 10.0 Å². The molecule has 1 N–H and O–H groups in total. The normalized spacial score (nSPS) is 11.5. The first kappa shape index (κ1) is 14.2. The Balaban J connectivity index is 2.12. The molecule has 19 heavy (non-hydrogen) atoms. The van der Waals surface area contributed by atoms with Gasteiger partial charge in [-0.15, -0.1) is 0 Å². The number of halogens is 1. The number of hydrogen-bond donors (Lipinski definition) is 1. The van der Waals surface area contributed by atoms with Gasteiger partial charge in [-0.25, -0.2) is 13.1 Å². The Morgan fingerprint density at radius 2 is 1.79 bits per heavy atom. The van der Waals surface area contributed by atoms with Crippen LogP contribution in [0.4, 0.5) is 0 Å². The van der Waals surface area contributed by atoms with Crippen LogP contribution in [0.15, 0.2) is 57.9 Å². The van der Waals surface area contributed by atoms with Crippen molar-refractivity contribution < 1.29 is 8.42 Å². The molecule has 0 bridgehead atoms. The van der Waals surface area contributed by atoms with E-state index >= 15 is 0 Å². The third-order valence-electron chi connectivity index (χ3n) is 2.67. The first-order valence-corrected chi connectivity index (χ1v) is 8.06. The number of benzene rings is 2. The van der Waals surface area contributed by atoms with E-state index in [9.17, 15) is 8.42 Å². The zero-order valence-electron chi connectivity index (χ0n) is 10.4. The summed E-state index contributed by atoms with van der Waals surface area (Å²) < 4.78 is 27.6. The van der Waals surface area contributed by atoms with Gasteiger partial charge in [0.15, 0.2) is 0 Å². The molecular formula is C14H14BrNO2S. The average Bonchev–Trinajstić information content (AvgIpc) is 2.37. The van der Waals surface area contributed by atoms with E-state index in [1.54, 1.807) is 24.3 Å². The fraction of sp³-hybridized carbons (Fsp3) is 0.143. The van der Waals surface area contributed by atoms with Gasteiger partial charge in [-0.3, -0.25) is 0 Å². The zero-order chi connectivity index (χ0) is 13.9. The fourth-order valence-corrected chi connectivity index (χ4v) is 2.98. The lowest BCUT2D eigenvalue weighted by Gasteiger charge is -2.07. The van der Waals surface area contributed by atoms with Gasteiger partial charge >= 0.3 is 0 Å². The molecule has 0 spiro atoms.